The molecule has 2 rings (SSSR count). The summed E-state index contributed by atoms with van der Waals surface area (Å²) in [6.07, 6.45) is 0.406. The average Bonchev–Trinajstić information content (AvgIpc) is 2.43. The Morgan fingerprint density at radius 2 is 1.67 bits per heavy atom. The summed E-state index contributed by atoms with van der Waals surface area (Å²) in [5, 5.41) is 18.6. The maximum atomic E-state index is 12.0. The van der Waals surface area contributed by atoms with Crippen LogP contribution < -0.4 is 4.72 Å². The fourth-order valence-corrected chi connectivity index (χ4v) is 3.05. The molecular weight excluding hydrogens is 358 g/mol. The molecule has 0 radical (unpaired) electrons. The van der Waals surface area contributed by atoms with Crippen molar-refractivity contribution in [3.05, 3.63) is 52.5 Å². The number of nitrogens with one attached hydrogen (secondary N) is 1. The number of aromatic hydroxyl groups is 2. The molecule has 0 unspecified atom stereocenters. The molecule has 0 aliphatic heterocycles. The van der Waals surface area contributed by atoms with Crippen LogP contribution in [0.5, 0.6) is 11.5 Å². The van der Waals surface area contributed by atoms with Gasteiger partial charge in [0.25, 0.3) is 0 Å². The van der Waals surface area contributed by atoms with E-state index in [-0.39, 0.29) is 22.9 Å². The summed E-state index contributed by atoms with van der Waals surface area (Å²) < 4.78 is 27.4. The number of phenols is 2. The van der Waals surface area contributed by atoms with Gasteiger partial charge in [-0.1, -0.05) is 22.0 Å². The lowest BCUT2D eigenvalue weighted by Gasteiger charge is -2.07. The molecule has 0 atom stereocenters. The Bertz CT molecular complexity index is 729. The van der Waals surface area contributed by atoms with Crippen LogP contribution in [0.25, 0.3) is 0 Å². The van der Waals surface area contributed by atoms with E-state index in [2.05, 4.69) is 20.7 Å². The number of sulfonamides is 1. The molecule has 7 heteroatoms. The zero-order chi connectivity index (χ0) is 15.5. The van der Waals surface area contributed by atoms with Gasteiger partial charge >= 0.3 is 0 Å². The molecule has 2 aromatic carbocycles. The van der Waals surface area contributed by atoms with Gasteiger partial charge in [-0.15, -0.1) is 0 Å². The minimum absolute atomic E-state index is 0.194. The van der Waals surface area contributed by atoms with Gasteiger partial charge in [-0.25, -0.2) is 13.1 Å². The third kappa shape index (κ3) is 4.20. The van der Waals surface area contributed by atoms with Gasteiger partial charge < -0.3 is 10.2 Å². The second-order valence-electron chi connectivity index (χ2n) is 4.42. The van der Waals surface area contributed by atoms with Gasteiger partial charge in [0.05, 0.1) is 4.90 Å². The second kappa shape index (κ2) is 6.46. The van der Waals surface area contributed by atoms with Crippen molar-refractivity contribution < 1.29 is 18.6 Å². The van der Waals surface area contributed by atoms with Crippen molar-refractivity contribution in [3.8, 4) is 11.5 Å². The Hall–Kier alpha value is -1.57. The molecule has 0 saturated carbocycles. The van der Waals surface area contributed by atoms with Gasteiger partial charge in [-0.3, -0.25) is 0 Å². The zero-order valence-electron chi connectivity index (χ0n) is 11.0. The molecule has 21 heavy (non-hydrogen) atoms. The molecule has 0 aliphatic rings. The Kier molecular flexibility index (Phi) is 4.87. The largest absolute Gasteiger partial charge is 0.504 e. The van der Waals surface area contributed by atoms with E-state index in [1.54, 1.807) is 18.2 Å². The third-order valence-corrected chi connectivity index (χ3v) is 4.88. The molecular formula is C14H14BrNO4S. The van der Waals surface area contributed by atoms with Crippen molar-refractivity contribution in [2.24, 2.45) is 0 Å². The van der Waals surface area contributed by atoms with Crippen molar-refractivity contribution in [2.75, 3.05) is 6.54 Å². The van der Waals surface area contributed by atoms with E-state index in [0.29, 0.717) is 6.42 Å². The minimum Gasteiger partial charge on any atom is -0.504 e. The first-order chi connectivity index (χ1) is 9.88. The summed E-state index contributed by atoms with van der Waals surface area (Å²) in [7, 11) is -3.55. The van der Waals surface area contributed by atoms with Crippen LogP contribution in [0, 0.1) is 0 Å². The standard InChI is InChI=1S/C14H14BrNO4S/c15-11-2-4-12(5-3-11)21(19,20)16-8-7-10-1-6-13(17)14(18)9-10/h1-6,9,16-18H,7-8H2. The fraction of sp³-hybridized carbons (Fsp3) is 0.143. The van der Waals surface area contributed by atoms with E-state index < -0.39 is 10.0 Å². The van der Waals surface area contributed by atoms with E-state index in [1.807, 2.05) is 0 Å². The number of phenolic OH excluding ortho intramolecular Hbond substituents is 2. The van der Waals surface area contributed by atoms with Crippen LogP contribution >= 0.6 is 15.9 Å². The Morgan fingerprint density at radius 3 is 2.29 bits per heavy atom. The predicted molar refractivity (Wildman–Crippen MR) is 82.8 cm³/mol. The summed E-state index contributed by atoms with van der Waals surface area (Å²) in [6, 6.07) is 10.7. The minimum atomic E-state index is -3.55. The number of hydrogen-bond acceptors (Lipinski definition) is 4. The van der Waals surface area contributed by atoms with E-state index in [4.69, 9.17) is 0 Å². The van der Waals surface area contributed by atoms with E-state index in [1.165, 1.54) is 24.3 Å². The second-order valence-corrected chi connectivity index (χ2v) is 7.11. The Morgan fingerprint density at radius 1 is 1.00 bits per heavy atom. The van der Waals surface area contributed by atoms with Crippen LogP contribution in [-0.2, 0) is 16.4 Å². The van der Waals surface area contributed by atoms with Crippen LogP contribution in [0.4, 0.5) is 0 Å². The highest BCUT2D eigenvalue weighted by molar-refractivity contribution is 9.10. The summed E-state index contributed by atoms with van der Waals surface area (Å²) in [6.45, 7) is 0.197. The van der Waals surface area contributed by atoms with Gasteiger partial charge in [0.1, 0.15) is 0 Å². The first-order valence-corrected chi connectivity index (χ1v) is 8.42. The summed E-state index contributed by atoms with van der Waals surface area (Å²) in [5.41, 5.74) is 0.726. The van der Waals surface area contributed by atoms with Crippen molar-refractivity contribution in [3.63, 3.8) is 0 Å². The first kappa shape index (κ1) is 15.8. The molecule has 0 aliphatic carbocycles. The Labute approximate surface area is 131 Å². The molecule has 0 amide bonds. The maximum absolute atomic E-state index is 12.0. The summed E-state index contributed by atoms with van der Waals surface area (Å²) in [5.74, 6) is -0.419. The number of halogens is 1. The highest BCUT2D eigenvalue weighted by Gasteiger charge is 2.13. The molecule has 5 nitrogen and oxygen atoms in total. The summed E-state index contributed by atoms with van der Waals surface area (Å²) in [4.78, 5) is 0.194. The third-order valence-electron chi connectivity index (χ3n) is 2.87. The average molecular weight is 372 g/mol. The lowest BCUT2D eigenvalue weighted by atomic mass is 10.1. The predicted octanol–water partition coefficient (Wildman–Crippen LogP) is 2.38. The van der Waals surface area contributed by atoms with Crippen molar-refractivity contribution in [2.45, 2.75) is 11.3 Å². The lowest BCUT2D eigenvalue weighted by molar-refractivity contribution is 0.403. The van der Waals surface area contributed by atoms with E-state index >= 15 is 0 Å². The van der Waals surface area contributed by atoms with Crippen molar-refractivity contribution in [1.82, 2.24) is 4.72 Å². The fourth-order valence-electron chi connectivity index (χ4n) is 1.75. The molecule has 2 aromatic rings. The number of benzene rings is 2. The SMILES string of the molecule is O=S(=O)(NCCc1ccc(O)c(O)c1)c1ccc(Br)cc1. The summed E-state index contributed by atoms with van der Waals surface area (Å²) >= 11 is 3.25. The zero-order valence-corrected chi connectivity index (χ0v) is 13.4. The normalized spacial score (nSPS) is 11.5. The van der Waals surface area contributed by atoms with Crippen LogP contribution in [0.1, 0.15) is 5.56 Å². The van der Waals surface area contributed by atoms with Crippen LogP contribution in [0.2, 0.25) is 0 Å². The molecule has 0 aromatic heterocycles. The molecule has 0 spiro atoms. The van der Waals surface area contributed by atoms with E-state index in [0.717, 1.165) is 10.0 Å². The van der Waals surface area contributed by atoms with Gasteiger partial charge in [-0.2, -0.15) is 0 Å². The highest BCUT2D eigenvalue weighted by atomic mass is 79.9. The smallest absolute Gasteiger partial charge is 0.240 e. The quantitative estimate of drug-likeness (QED) is 0.704. The van der Waals surface area contributed by atoms with Crippen molar-refractivity contribution in [1.29, 1.82) is 0 Å². The number of rotatable bonds is 5. The first-order valence-electron chi connectivity index (χ1n) is 6.14. The molecule has 3 N–H and O–H groups in total. The highest BCUT2D eigenvalue weighted by Crippen LogP contribution is 2.24. The Balaban J connectivity index is 1.98. The monoisotopic (exact) mass is 371 g/mol. The molecule has 112 valence electrons. The van der Waals surface area contributed by atoms with E-state index in [9.17, 15) is 18.6 Å². The molecule has 0 bridgehead atoms. The topological polar surface area (TPSA) is 86.6 Å². The molecule has 0 fully saturated rings. The number of hydrogen-bond donors (Lipinski definition) is 3. The lowest BCUT2D eigenvalue weighted by Crippen LogP contribution is -2.25. The molecule has 0 heterocycles. The maximum Gasteiger partial charge on any atom is 0.240 e. The van der Waals surface area contributed by atoms with Gasteiger partial charge in [-0.05, 0) is 48.4 Å². The van der Waals surface area contributed by atoms with Crippen LogP contribution in [-0.4, -0.2) is 25.2 Å². The van der Waals surface area contributed by atoms with Crippen LogP contribution in [0.15, 0.2) is 51.8 Å². The van der Waals surface area contributed by atoms with Crippen LogP contribution in [0.3, 0.4) is 0 Å². The van der Waals surface area contributed by atoms with Crippen molar-refractivity contribution >= 4 is 26.0 Å². The van der Waals surface area contributed by atoms with Gasteiger partial charge in [0.2, 0.25) is 10.0 Å². The van der Waals surface area contributed by atoms with Gasteiger partial charge in [0, 0.05) is 11.0 Å². The molecule has 0 saturated heterocycles. The van der Waals surface area contributed by atoms with Gasteiger partial charge in [0.15, 0.2) is 11.5 Å².